The van der Waals surface area contributed by atoms with Crippen molar-refractivity contribution >= 4 is 28.6 Å². The monoisotopic (exact) mass is 260 g/mol. The molecule has 2 aromatic rings. The summed E-state index contributed by atoms with van der Waals surface area (Å²) < 4.78 is 0. The van der Waals surface area contributed by atoms with Crippen LogP contribution in [0.25, 0.3) is 0 Å². The number of nitrogen functional groups attached to an aromatic ring is 1. The van der Waals surface area contributed by atoms with E-state index in [-0.39, 0.29) is 5.91 Å². The second-order valence-corrected chi connectivity index (χ2v) is 4.93. The van der Waals surface area contributed by atoms with Crippen LogP contribution in [0.2, 0.25) is 0 Å². The first-order chi connectivity index (χ1) is 8.61. The summed E-state index contributed by atoms with van der Waals surface area (Å²) in [6.45, 7) is 3.98. The summed E-state index contributed by atoms with van der Waals surface area (Å²) >= 11 is 1.53. The predicted molar refractivity (Wildman–Crippen MR) is 77.2 cm³/mol. The van der Waals surface area contributed by atoms with Crippen molar-refractivity contribution in [1.29, 1.82) is 0 Å². The van der Waals surface area contributed by atoms with Crippen molar-refractivity contribution in [3.05, 3.63) is 45.6 Å². The molecule has 0 radical (unpaired) electrons. The van der Waals surface area contributed by atoms with Crippen LogP contribution in [0.3, 0.4) is 0 Å². The molecule has 0 aliphatic heterocycles. The number of benzene rings is 1. The molecule has 0 saturated heterocycles. The van der Waals surface area contributed by atoms with E-state index in [1.165, 1.54) is 11.3 Å². The molecule has 1 amide bonds. The molecule has 0 spiro atoms. The quantitative estimate of drug-likeness (QED) is 0.830. The number of amides is 1. The van der Waals surface area contributed by atoms with Crippen LogP contribution in [-0.4, -0.2) is 5.91 Å². The maximum Gasteiger partial charge on any atom is 0.256 e. The zero-order chi connectivity index (χ0) is 13.1. The van der Waals surface area contributed by atoms with Crippen LogP contribution >= 0.6 is 11.3 Å². The Kier molecular flexibility index (Phi) is 3.67. The van der Waals surface area contributed by atoms with Gasteiger partial charge in [0.15, 0.2) is 0 Å². The molecule has 2 rings (SSSR count). The Morgan fingerprint density at radius 3 is 2.72 bits per heavy atom. The highest BCUT2D eigenvalue weighted by Crippen LogP contribution is 2.20. The highest BCUT2D eigenvalue weighted by Gasteiger charge is 2.10. The zero-order valence-electron chi connectivity index (χ0n) is 10.5. The average Bonchev–Trinajstić information content (AvgIpc) is 2.76. The summed E-state index contributed by atoms with van der Waals surface area (Å²) in [6.07, 6.45) is 0.893. The van der Waals surface area contributed by atoms with Crippen LogP contribution in [0.1, 0.15) is 28.4 Å². The lowest BCUT2D eigenvalue weighted by atomic mass is 10.1. The van der Waals surface area contributed by atoms with Crippen LogP contribution in [0.15, 0.2) is 29.0 Å². The Balaban J connectivity index is 2.17. The number of thiophene rings is 1. The SMILES string of the molecule is CCc1ccc(NC(=O)c2cscc2C)cc1N. The molecule has 94 valence electrons. The number of nitrogens with two attached hydrogens (primary N) is 1. The van der Waals surface area contributed by atoms with Gasteiger partial charge in [0.25, 0.3) is 5.91 Å². The highest BCUT2D eigenvalue weighted by molar-refractivity contribution is 7.08. The van der Waals surface area contributed by atoms with E-state index in [4.69, 9.17) is 5.73 Å². The summed E-state index contributed by atoms with van der Waals surface area (Å²) in [7, 11) is 0. The minimum Gasteiger partial charge on any atom is -0.398 e. The van der Waals surface area contributed by atoms with Crippen LogP contribution in [0.4, 0.5) is 11.4 Å². The molecule has 1 heterocycles. The third kappa shape index (κ3) is 2.54. The molecule has 3 nitrogen and oxygen atoms in total. The van der Waals surface area contributed by atoms with Crippen molar-refractivity contribution in [3.8, 4) is 0 Å². The molecule has 18 heavy (non-hydrogen) atoms. The fraction of sp³-hybridized carbons (Fsp3) is 0.214. The lowest BCUT2D eigenvalue weighted by Gasteiger charge is -2.08. The van der Waals surface area contributed by atoms with Gasteiger partial charge in [-0.2, -0.15) is 11.3 Å². The predicted octanol–water partition coefficient (Wildman–Crippen LogP) is 3.45. The zero-order valence-corrected chi connectivity index (χ0v) is 11.3. The first-order valence-electron chi connectivity index (χ1n) is 5.84. The molecule has 1 aromatic heterocycles. The standard InChI is InChI=1S/C14H16N2OS/c1-3-10-4-5-11(6-13(10)15)16-14(17)12-8-18-7-9(12)2/h4-8H,3,15H2,1-2H3,(H,16,17). The van der Waals surface area contributed by atoms with E-state index in [1.54, 1.807) is 6.07 Å². The van der Waals surface area contributed by atoms with E-state index in [9.17, 15) is 4.79 Å². The third-order valence-electron chi connectivity index (χ3n) is 2.88. The average molecular weight is 260 g/mol. The Morgan fingerprint density at radius 1 is 1.39 bits per heavy atom. The van der Waals surface area contributed by atoms with Gasteiger partial charge in [-0.25, -0.2) is 0 Å². The molecule has 0 fully saturated rings. The molecule has 0 aliphatic carbocycles. The molecular weight excluding hydrogens is 244 g/mol. The van der Waals surface area contributed by atoms with E-state index in [1.807, 2.05) is 29.8 Å². The fourth-order valence-corrected chi connectivity index (χ4v) is 2.61. The number of nitrogens with one attached hydrogen (secondary N) is 1. The van der Waals surface area contributed by atoms with Gasteiger partial charge in [-0.05, 0) is 42.0 Å². The van der Waals surface area contributed by atoms with E-state index < -0.39 is 0 Å². The van der Waals surface area contributed by atoms with E-state index in [0.717, 1.165) is 34.5 Å². The van der Waals surface area contributed by atoms with E-state index in [0.29, 0.717) is 0 Å². The summed E-state index contributed by atoms with van der Waals surface area (Å²) in [5.74, 6) is -0.0857. The lowest BCUT2D eigenvalue weighted by molar-refractivity contribution is 0.102. The van der Waals surface area contributed by atoms with Gasteiger partial charge in [-0.1, -0.05) is 13.0 Å². The van der Waals surface area contributed by atoms with Gasteiger partial charge in [0.2, 0.25) is 0 Å². The molecule has 0 saturated carbocycles. The molecule has 1 aromatic carbocycles. The first-order valence-corrected chi connectivity index (χ1v) is 6.78. The number of aryl methyl sites for hydroxylation is 2. The molecule has 0 aliphatic rings. The van der Waals surface area contributed by atoms with Gasteiger partial charge in [0, 0.05) is 16.8 Å². The maximum absolute atomic E-state index is 12.0. The number of carbonyl (C=O) groups is 1. The normalized spacial score (nSPS) is 10.3. The van der Waals surface area contributed by atoms with Crippen molar-refractivity contribution in [2.24, 2.45) is 0 Å². The van der Waals surface area contributed by atoms with Gasteiger partial charge >= 0.3 is 0 Å². The van der Waals surface area contributed by atoms with Gasteiger partial charge in [0.1, 0.15) is 0 Å². The van der Waals surface area contributed by atoms with Crippen LogP contribution in [0.5, 0.6) is 0 Å². The molecule has 3 N–H and O–H groups in total. The molecular formula is C14H16N2OS. The minimum atomic E-state index is -0.0857. The van der Waals surface area contributed by atoms with Crippen molar-refractivity contribution in [2.75, 3.05) is 11.1 Å². The number of carbonyl (C=O) groups excluding carboxylic acids is 1. The van der Waals surface area contributed by atoms with E-state index >= 15 is 0 Å². The number of anilines is 2. The van der Waals surface area contributed by atoms with Crippen molar-refractivity contribution in [3.63, 3.8) is 0 Å². The number of rotatable bonds is 3. The second-order valence-electron chi connectivity index (χ2n) is 4.19. The van der Waals surface area contributed by atoms with Gasteiger partial charge in [-0.15, -0.1) is 0 Å². The summed E-state index contributed by atoms with van der Waals surface area (Å²) in [5.41, 5.74) is 10.2. The van der Waals surface area contributed by atoms with E-state index in [2.05, 4.69) is 12.2 Å². The Bertz CT molecular complexity index is 575. The van der Waals surface area contributed by atoms with Crippen molar-refractivity contribution in [2.45, 2.75) is 20.3 Å². The van der Waals surface area contributed by atoms with Gasteiger partial charge in [0.05, 0.1) is 5.56 Å². The maximum atomic E-state index is 12.0. The Morgan fingerprint density at radius 2 is 2.17 bits per heavy atom. The Hall–Kier alpha value is -1.81. The molecule has 0 unspecified atom stereocenters. The second kappa shape index (κ2) is 5.23. The summed E-state index contributed by atoms with van der Waals surface area (Å²) in [5, 5.41) is 6.68. The Labute approximate surface area is 111 Å². The van der Waals surface area contributed by atoms with Crippen molar-refractivity contribution in [1.82, 2.24) is 0 Å². The summed E-state index contributed by atoms with van der Waals surface area (Å²) in [6, 6.07) is 5.64. The van der Waals surface area contributed by atoms with Crippen LogP contribution < -0.4 is 11.1 Å². The largest absolute Gasteiger partial charge is 0.398 e. The third-order valence-corrected chi connectivity index (χ3v) is 3.75. The number of hydrogen-bond acceptors (Lipinski definition) is 3. The van der Waals surface area contributed by atoms with Gasteiger partial charge in [-0.3, -0.25) is 4.79 Å². The summed E-state index contributed by atoms with van der Waals surface area (Å²) in [4.78, 5) is 12.0. The first kappa shape index (κ1) is 12.6. The number of hydrogen-bond donors (Lipinski definition) is 2. The van der Waals surface area contributed by atoms with Crippen LogP contribution in [0, 0.1) is 6.92 Å². The minimum absolute atomic E-state index is 0.0857. The van der Waals surface area contributed by atoms with Crippen LogP contribution in [-0.2, 0) is 6.42 Å². The molecule has 0 atom stereocenters. The highest BCUT2D eigenvalue weighted by atomic mass is 32.1. The molecule has 4 heteroatoms. The topological polar surface area (TPSA) is 55.1 Å². The lowest BCUT2D eigenvalue weighted by Crippen LogP contribution is -2.12. The molecule has 0 bridgehead atoms. The smallest absolute Gasteiger partial charge is 0.256 e. The van der Waals surface area contributed by atoms with Gasteiger partial charge < -0.3 is 11.1 Å². The fourth-order valence-electron chi connectivity index (χ4n) is 1.79. The van der Waals surface area contributed by atoms with Crippen molar-refractivity contribution < 1.29 is 4.79 Å².